The Morgan fingerprint density at radius 2 is 1.96 bits per heavy atom. The average molecular weight is 328 g/mol. The van der Waals surface area contributed by atoms with Crippen LogP contribution in [0.2, 0.25) is 0 Å². The number of piperidine rings is 1. The Kier molecular flexibility index (Phi) is 4.41. The number of aromatic nitrogens is 2. The van der Waals surface area contributed by atoms with Gasteiger partial charge >= 0.3 is 12.1 Å². The molecule has 23 heavy (non-hydrogen) atoms. The van der Waals surface area contributed by atoms with E-state index < -0.39 is 12.1 Å². The van der Waals surface area contributed by atoms with E-state index >= 15 is 0 Å². The summed E-state index contributed by atoms with van der Waals surface area (Å²) in [5.41, 5.74) is 0. The number of nitrogens with zero attached hydrogens (tertiary/aromatic N) is 3. The molecule has 0 spiro atoms. The summed E-state index contributed by atoms with van der Waals surface area (Å²) < 4.78 is 37.2. The second-order valence-corrected chi connectivity index (χ2v) is 6.19. The van der Waals surface area contributed by atoms with Gasteiger partial charge in [-0.15, -0.1) is 0 Å². The van der Waals surface area contributed by atoms with Crippen molar-refractivity contribution in [1.82, 2.24) is 14.9 Å². The first kappa shape index (κ1) is 16.0. The van der Waals surface area contributed by atoms with Crippen molar-refractivity contribution in [3.8, 4) is 0 Å². The van der Waals surface area contributed by atoms with Gasteiger partial charge in [0.15, 0.2) is 0 Å². The average Bonchev–Trinajstić information content (AvgIpc) is 3.37. The van der Waals surface area contributed by atoms with E-state index in [2.05, 4.69) is 15.3 Å². The molecule has 1 aromatic heterocycles. The topological polar surface area (TPSA) is 58.1 Å². The van der Waals surface area contributed by atoms with Crippen molar-refractivity contribution in [3.05, 3.63) is 18.1 Å². The van der Waals surface area contributed by atoms with Gasteiger partial charge in [0, 0.05) is 31.7 Å². The number of halogens is 3. The lowest BCUT2D eigenvalue weighted by molar-refractivity contribution is -0.186. The molecule has 1 aliphatic carbocycles. The van der Waals surface area contributed by atoms with Crippen molar-refractivity contribution in [2.45, 2.75) is 37.8 Å². The Balaban J connectivity index is 1.46. The molecule has 0 radical (unpaired) electrons. The van der Waals surface area contributed by atoms with Gasteiger partial charge in [-0.25, -0.2) is 9.97 Å². The maximum atomic E-state index is 12.4. The molecular weight excluding hydrogens is 309 g/mol. The number of nitrogens with one attached hydrogen (secondary N) is 1. The molecule has 0 bridgehead atoms. The fraction of sp³-hybridized carbons (Fsp3) is 0.667. The molecule has 1 amide bonds. The lowest BCUT2D eigenvalue weighted by Gasteiger charge is -2.32. The van der Waals surface area contributed by atoms with Gasteiger partial charge in [0.25, 0.3) is 0 Å². The molecule has 0 atom stereocenters. The standard InChI is InChI=1S/C15H19F3N4O/c16-15(17,18)14(23)22-7-4-10(5-8-22)9-20-12-3-6-19-13(21-12)11-1-2-11/h3,6,10-11H,1-2,4-5,7-9H2,(H,19,20,21). The minimum absolute atomic E-state index is 0.155. The summed E-state index contributed by atoms with van der Waals surface area (Å²) >= 11 is 0. The van der Waals surface area contributed by atoms with Crippen molar-refractivity contribution in [2.24, 2.45) is 5.92 Å². The summed E-state index contributed by atoms with van der Waals surface area (Å²) in [6.45, 7) is 0.957. The molecule has 1 aromatic rings. The largest absolute Gasteiger partial charge is 0.471 e. The van der Waals surface area contributed by atoms with Crippen LogP contribution < -0.4 is 5.32 Å². The Hall–Kier alpha value is -1.86. The molecule has 126 valence electrons. The van der Waals surface area contributed by atoms with Crippen LogP contribution >= 0.6 is 0 Å². The number of alkyl halides is 3. The molecule has 0 aromatic carbocycles. The molecule has 1 saturated carbocycles. The molecule has 0 unspecified atom stereocenters. The van der Waals surface area contributed by atoms with Crippen molar-refractivity contribution < 1.29 is 18.0 Å². The van der Waals surface area contributed by atoms with E-state index in [0.29, 0.717) is 25.3 Å². The van der Waals surface area contributed by atoms with Gasteiger partial charge in [0.05, 0.1) is 0 Å². The third-order valence-corrected chi connectivity index (χ3v) is 4.33. The lowest BCUT2D eigenvalue weighted by atomic mass is 9.96. The molecule has 1 N–H and O–H groups in total. The van der Waals surface area contributed by atoms with Gasteiger partial charge in [-0.2, -0.15) is 13.2 Å². The fourth-order valence-electron chi connectivity index (χ4n) is 2.78. The van der Waals surface area contributed by atoms with E-state index in [0.717, 1.165) is 29.4 Å². The molecular formula is C15H19F3N4O. The van der Waals surface area contributed by atoms with Gasteiger partial charge in [0.2, 0.25) is 0 Å². The first-order chi connectivity index (χ1) is 10.9. The first-order valence-electron chi connectivity index (χ1n) is 7.86. The monoisotopic (exact) mass is 328 g/mol. The molecule has 2 fully saturated rings. The Bertz CT molecular complexity index is 566. The van der Waals surface area contributed by atoms with E-state index in [1.54, 1.807) is 12.3 Å². The van der Waals surface area contributed by atoms with Crippen LogP contribution in [0.5, 0.6) is 0 Å². The van der Waals surface area contributed by atoms with E-state index in [-0.39, 0.29) is 19.0 Å². The molecule has 2 aliphatic rings. The van der Waals surface area contributed by atoms with Crippen LogP contribution in [0.4, 0.5) is 19.0 Å². The minimum atomic E-state index is -4.77. The van der Waals surface area contributed by atoms with Crippen LogP contribution in [-0.2, 0) is 4.79 Å². The predicted octanol–water partition coefficient (Wildman–Crippen LogP) is 2.57. The number of hydrogen-bond acceptors (Lipinski definition) is 4. The highest BCUT2D eigenvalue weighted by molar-refractivity contribution is 5.81. The summed E-state index contributed by atoms with van der Waals surface area (Å²) in [6, 6.07) is 1.80. The summed E-state index contributed by atoms with van der Waals surface area (Å²) in [5, 5.41) is 3.23. The van der Waals surface area contributed by atoms with Crippen LogP contribution in [0.3, 0.4) is 0 Å². The quantitative estimate of drug-likeness (QED) is 0.923. The van der Waals surface area contributed by atoms with Crippen LogP contribution in [0, 0.1) is 5.92 Å². The van der Waals surface area contributed by atoms with Crippen molar-refractivity contribution >= 4 is 11.7 Å². The normalized spacial score (nSPS) is 19.7. The second-order valence-electron chi connectivity index (χ2n) is 6.19. The third-order valence-electron chi connectivity index (χ3n) is 4.33. The Morgan fingerprint density at radius 1 is 1.26 bits per heavy atom. The van der Waals surface area contributed by atoms with E-state index in [4.69, 9.17) is 0 Å². The van der Waals surface area contributed by atoms with Gasteiger partial charge < -0.3 is 10.2 Å². The zero-order valence-corrected chi connectivity index (χ0v) is 12.6. The highest BCUT2D eigenvalue weighted by Gasteiger charge is 2.43. The highest BCUT2D eigenvalue weighted by Crippen LogP contribution is 2.38. The predicted molar refractivity (Wildman–Crippen MR) is 77.9 cm³/mol. The molecule has 5 nitrogen and oxygen atoms in total. The molecule has 1 saturated heterocycles. The fourth-order valence-corrected chi connectivity index (χ4v) is 2.78. The van der Waals surface area contributed by atoms with Crippen LogP contribution in [0.15, 0.2) is 12.3 Å². The minimum Gasteiger partial charge on any atom is -0.370 e. The maximum Gasteiger partial charge on any atom is 0.471 e. The number of amides is 1. The second kappa shape index (κ2) is 6.33. The number of carbonyl (C=O) groups excluding carboxylic acids is 1. The smallest absolute Gasteiger partial charge is 0.370 e. The van der Waals surface area contributed by atoms with Crippen molar-refractivity contribution in [2.75, 3.05) is 25.0 Å². The number of likely N-dealkylation sites (tertiary alicyclic amines) is 1. The van der Waals surface area contributed by atoms with E-state index in [1.807, 2.05) is 0 Å². The lowest BCUT2D eigenvalue weighted by Crippen LogP contribution is -2.46. The highest BCUT2D eigenvalue weighted by atomic mass is 19.4. The SMILES string of the molecule is O=C(N1CCC(CNc2ccnc(C3CC3)n2)CC1)C(F)(F)F. The van der Waals surface area contributed by atoms with Crippen LogP contribution in [0.25, 0.3) is 0 Å². The van der Waals surface area contributed by atoms with E-state index in [1.165, 1.54) is 0 Å². The van der Waals surface area contributed by atoms with Gasteiger partial charge in [-0.05, 0) is 37.7 Å². The molecule has 8 heteroatoms. The maximum absolute atomic E-state index is 12.4. The van der Waals surface area contributed by atoms with Crippen LogP contribution in [0.1, 0.15) is 37.4 Å². The van der Waals surface area contributed by atoms with Crippen molar-refractivity contribution in [3.63, 3.8) is 0 Å². The summed E-state index contributed by atoms with van der Waals surface area (Å²) in [5.74, 6) is 0.616. The van der Waals surface area contributed by atoms with Gasteiger partial charge in [-0.1, -0.05) is 0 Å². The number of hydrogen-bond donors (Lipinski definition) is 1. The third kappa shape index (κ3) is 4.11. The molecule has 2 heterocycles. The number of carbonyl (C=O) groups is 1. The van der Waals surface area contributed by atoms with Crippen LogP contribution in [-0.4, -0.2) is 46.6 Å². The number of rotatable bonds is 4. The molecule has 1 aliphatic heterocycles. The Morgan fingerprint density at radius 3 is 2.57 bits per heavy atom. The first-order valence-corrected chi connectivity index (χ1v) is 7.86. The molecule has 3 rings (SSSR count). The van der Waals surface area contributed by atoms with Crippen molar-refractivity contribution in [1.29, 1.82) is 0 Å². The summed E-state index contributed by atoms with van der Waals surface area (Å²) in [4.78, 5) is 20.8. The zero-order chi connectivity index (χ0) is 16.4. The zero-order valence-electron chi connectivity index (χ0n) is 12.6. The summed E-state index contributed by atoms with van der Waals surface area (Å²) in [7, 11) is 0. The Labute approximate surface area is 132 Å². The van der Waals surface area contributed by atoms with Gasteiger partial charge in [-0.3, -0.25) is 4.79 Å². The van der Waals surface area contributed by atoms with Gasteiger partial charge in [0.1, 0.15) is 11.6 Å². The number of anilines is 1. The summed E-state index contributed by atoms with van der Waals surface area (Å²) in [6.07, 6.45) is 0.355. The van der Waals surface area contributed by atoms with E-state index in [9.17, 15) is 18.0 Å².